The maximum absolute atomic E-state index is 4.11. The molecule has 0 fully saturated rings. The highest BCUT2D eigenvalue weighted by Gasteiger charge is 2.10. The van der Waals surface area contributed by atoms with E-state index in [-0.39, 0.29) is 0 Å². The molecule has 2 nitrogen and oxygen atoms in total. The fraction of sp³-hybridized carbons (Fsp3) is 0.200. The van der Waals surface area contributed by atoms with Gasteiger partial charge in [0, 0.05) is 16.6 Å². The van der Waals surface area contributed by atoms with Gasteiger partial charge in [-0.3, -0.25) is 0 Å². The molecule has 1 aromatic rings. The van der Waals surface area contributed by atoms with Gasteiger partial charge in [0.15, 0.2) is 0 Å². The number of benzene rings is 1. The van der Waals surface area contributed by atoms with Gasteiger partial charge in [-0.25, -0.2) is 0 Å². The summed E-state index contributed by atoms with van der Waals surface area (Å²) in [7, 11) is 0. The minimum absolute atomic E-state index is 0.871. The molecule has 0 unspecified atom stereocenters. The third-order valence-electron chi connectivity index (χ3n) is 1.92. The molecular formula is C10H9BrN2. The first kappa shape index (κ1) is 8.63. The van der Waals surface area contributed by atoms with Crippen molar-refractivity contribution in [1.82, 2.24) is 0 Å². The van der Waals surface area contributed by atoms with Crippen molar-refractivity contribution in [3.63, 3.8) is 0 Å². The quantitative estimate of drug-likeness (QED) is 0.717. The lowest BCUT2D eigenvalue weighted by Gasteiger charge is -1.99. The Balaban J connectivity index is 2.29. The molecule has 1 aromatic carbocycles. The van der Waals surface area contributed by atoms with Crippen molar-refractivity contribution < 1.29 is 0 Å². The molecule has 1 aliphatic heterocycles. The van der Waals surface area contributed by atoms with Gasteiger partial charge in [0.05, 0.1) is 5.71 Å². The lowest BCUT2D eigenvalue weighted by Crippen LogP contribution is -2.00. The molecule has 2 rings (SSSR count). The van der Waals surface area contributed by atoms with Crippen LogP contribution in [0, 0.1) is 0 Å². The van der Waals surface area contributed by atoms with Crippen molar-refractivity contribution in [2.75, 3.05) is 0 Å². The number of hydrogen-bond acceptors (Lipinski definition) is 2. The molecule has 0 saturated heterocycles. The van der Waals surface area contributed by atoms with E-state index in [1.165, 1.54) is 0 Å². The van der Waals surface area contributed by atoms with Crippen molar-refractivity contribution in [2.24, 2.45) is 10.2 Å². The lowest BCUT2D eigenvalue weighted by atomic mass is 10.1. The summed E-state index contributed by atoms with van der Waals surface area (Å²) in [4.78, 5) is 0. The van der Waals surface area contributed by atoms with Gasteiger partial charge in [-0.05, 0) is 24.6 Å². The fourth-order valence-electron chi connectivity index (χ4n) is 1.29. The van der Waals surface area contributed by atoms with Crippen LogP contribution < -0.4 is 0 Å². The molecule has 66 valence electrons. The molecule has 0 saturated carbocycles. The van der Waals surface area contributed by atoms with Crippen LogP contribution in [0.25, 0.3) is 0 Å². The topological polar surface area (TPSA) is 24.7 Å². The van der Waals surface area contributed by atoms with E-state index in [0.717, 1.165) is 27.9 Å². The predicted octanol–water partition coefficient (Wildman–Crippen LogP) is 3.02. The Kier molecular flexibility index (Phi) is 2.27. The van der Waals surface area contributed by atoms with E-state index in [2.05, 4.69) is 38.3 Å². The molecule has 1 aliphatic rings. The smallest absolute Gasteiger partial charge is 0.0759 e. The fourth-order valence-corrected chi connectivity index (χ4v) is 1.69. The molecular weight excluding hydrogens is 228 g/mol. The van der Waals surface area contributed by atoms with Crippen molar-refractivity contribution >= 4 is 27.4 Å². The zero-order valence-electron chi connectivity index (χ0n) is 7.29. The van der Waals surface area contributed by atoms with E-state index in [1.54, 1.807) is 0 Å². The molecule has 0 amide bonds. The lowest BCUT2D eigenvalue weighted by molar-refractivity contribution is 1.26. The monoisotopic (exact) mass is 236 g/mol. The van der Waals surface area contributed by atoms with Gasteiger partial charge < -0.3 is 0 Å². The van der Waals surface area contributed by atoms with Crippen LogP contribution in [-0.4, -0.2) is 11.4 Å². The number of hydrogen-bond donors (Lipinski definition) is 0. The second-order valence-corrected chi connectivity index (χ2v) is 3.98. The van der Waals surface area contributed by atoms with E-state index in [1.807, 2.05) is 19.1 Å². The van der Waals surface area contributed by atoms with Gasteiger partial charge >= 0.3 is 0 Å². The van der Waals surface area contributed by atoms with Crippen LogP contribution >= 0.6 is 15.9 Å². The summed E-state index contributed by atoms with van der Waals surface area (Å²) in [5.41, 5.74) is 3.28. The van der Waals surface area contributed by atoms with E-state index < -0.39 is 0 Å². The van der Waals surface area contributed by atoms with Crippen molar-refractivity contribution in [3.05, 3.63) is 34.3 Å². The Morgan fingerprint density at radius 3 is 2.77 bits per heavy atom. The molecule has 3 heteroatoms. The Morgan fingerprint density at radius 1 is 1.31 bits per heavy atom. The number of rotatable bonds is 1. The minimum atomic E-state index is 0.871. The van der Waals surface area contributed by atoms with Gasteiger partial charge in [-0.2, -0.15) is 10.2 Å². The third kappa shape index (κ3) is 1.86. The molecule has 0 aliphatic carbocycles. The van der Waals surface area contributed by atoms with Crippen molar-refractivity contribution in [2.45, 2.75) is 13.3 Å². The maximum atomic E-state index is 4.11. The van der Waals surface area contributed by atoms with Crippen LogP contribution in [0.1, 0.15) is 18.9 Å². The first-order valence-corrected chi connectivity index (χ1v) is 4.91. The molecule has 0 radical (unpaired) electrons. The summed E-state index contributed by atoms with van der Waals surface area (Å²) >= 11 is 3.43. The highest BCUT2D eigenvalue weighted by atomic mass is 79.9. The van der Waals surface area contributed by atoms with E-state index in [4.69, 9.17) is 0 Å². The Hall–Kier alpha value is -0.960. The summed E-state index contributed by atoms with van der Waals surface area (Å²) in [5.74, 6) is 0. The Morgan fingerprint density at radius 2 is 2.15 bits per heavy atom. The molecule has 0 spiro atoms. The van der Waals surface area contributed by atoms with Crippen LogP contribution in [0.4, 0.5) is 0 Å². The first-order valence-electron chi connectivity index (χ1n) is 4.11. The van der Waals surface area contributed by atoms with Crippen LogP contribution in [0.2, 0.25) is 0 Å². The average Bonchev–Trinajstić information content (AvgIpc) is 2.52. The minimum Gasteiger partial charge on any atom is -0.160 e. The molecule has 13 heavy (non-hydrogen) atoms. The highest BCUT2D eigenvalue weighted by Crippen LogP contribution is 2.16. The standard InChI is InChI=1S/C10H9BrN2/c1-7-5-10(13-12-7)8-3-2-4-9(11)6-8/h2-4,6H,5H2,1H3. The van der Waals surface area contributed by atoms with E-state index in [9.17, 15) is 0 Å². The normalized spacial score (nSPS) is 15.5. The summed E-state index contributed by atoms with van der Waals surface area (Å²) in [5, 5.41) is 8.12. The van der Waals surface area contributed by atoms with Crippen LogP contribution in [0.15, 0.2) is 38.9 Å². The Bertz CT molecular complexity index is 394. The Labute approximate surface area is 85.5 Å². The van der Waals surface area contributed by atoms with E-state index >= 15 is 0 Å². The van der Waals surface area contributed by atoms with Gasteiger partial charge in [0.1, 0.15) is 0 Å². The van der Waals surface area contributed by atoms with Gasteiger partial charge in [0.2, 0.25) is 0 Å². The summed E-state index contributed by atoms with van der Waals surface area (Å²) in [6, 6.07) is 8.13. The summed E-state index contributed by atoms with van der Waals surface area (Å²) in [6.45, 7) is 1.99. The first-order chi connectivity index (χ1) is 6.25. The highest BCUT2D eigenvalue weighted by molar-refractivity contribution is 9.10. The molecule has 0 N–H and O–H groups in total. The maximum Gasteiger partial charge on any atom is 0.0759 e. The second kappa shape index (κ2) is 3.42. The molecule has 0 atom stereocenters. The van der Waals surface area contributed by atoms with Crippen LogP contribution in [-0.2, 0) is 0 Å². The third-order valence-corrected chi connectivity index (χ3v) is 2.42. The van der Waals surface area contributed by atoms with E-state index in [0.29, 0.717) is 0 Å². The molecule has 0 aromatic heterocycles. The summed E-state index contributed by atoms with van der Waals surface area (Å²) in [6.07, 6.45) is 0.871. The number of halogens is 1. The number of nitrogens with zero attached hydrogens (tertiary/aromatic N) is 2. The summed E-state index contributed by atoms with van der Waals surface area (Å²) < 4.78 is 1.08. The van der Waals surface area contributed by atoms with Crippen LogP contribution in [0.3, 0.4) is 0 Å². The molecule has 0 bridgehead atoms. The zero-order chi connectivity index (χ0) is 9.26. The predicted molar refractivity (Wildman–Crippen MR) is 58.4 cm³/mol. The SMILES string of the molecule is CC1=NN=C(c2cccc(Br)c2)C1. The average molecular weight is 237 g/mol. The van der Waals surface area contributed by atoms with Gasteiger partial charge in [-0.1, -0.05) is 28.1 Å². The van der Waals surface area contributed by atoms with Crippen LogP contribution in [0.5, 0.6) is 0 Å². The van der Waals surface area contributed by atoms with Gasteiger partial charge in [0.25, 0.3) is 0 Å². The largest absolute Gasteiger partial charge is 0.160 e. The van der Waals surface area contributed by atoms with Crippen molar-refractivity contribution in [3.8, 4) is 0 Å². The second-order valence-electron chi connectivity index (χ2n) is 3.07. The molecule has 1 heterocycles. The van der Waals surface area contributed by atoms with Gasteiger partial charge in [-0.15, -0.1) is 0 Å². The zero-order valence-corrected chi connectivity index (χ0v) is 8.87. The van der Waals surface area contributed by atoms with Crippen molar-refractivity contribution in [1.29, 1.82) is 0 Å².